The van der Waals surface area contributed by atoms with Gasteiger partial charge in [0.1, 0.15) is 0 Å². The summed E-state index contributed by atoms with van der Waals surface area (Å²) in [5, 5.41) is 4.66. The first-order valence-electron chi connectivity index (χ1n) is 6.38. The van der Waals surface area contributed by atoms with Crippen LogP contribution in [0.2, 0.25) is 0 Å². The first-order chi connectivity index (χ1) is 8.59. The fourth-order valence-corrected chi connectivity index (χ4v) is 2.01. The van der Waals surface area contributed by atoms with Crippen LogP contribution < -0.4 is 0 Å². The molecule has 0 bridgehead atoms. The molecule has 3 nitrogen and oxygen atoms in total. The molecule has 0 aromatic carbocycles. The second kappa shape index (κ2) is 5.36. The van der Waals surface area contributed by atoms with Gasteiger partial charge in [-0.25, -0.2) is 4.52 Å². The molecule has 2 heterocycles. The second-order valence-corrected chi connectivity index (χ2v) is 5.15. The summed E-state index contributed by atoms with van der Waals surface area (Å²) < 4.78 is 1.96. The van der Waals surface area contributed by atoms with E-state index in [1.165, 1.54) is 11.1 Å². The molecule has 0 atom stereocenters. The summed E-state index contributed by atoms with van der Waals surface area (Å²) >= 11 is 0. The molecule has 2 aromatic rings. The molecule has 2 rings (SSSR count). The number of likely N-dealkylation sites (N-methyl/N-ethyl adjacent to an activating group) is 1. The average molecular weight is 243 g/mol. The van der Waals surface area contributed by atoms with Crippen LogP contribution in [0.3, 0.4) is 0 Å². The van der Waals surface area contributed by atoms with Crippen LogP contribution in [0.1, 0.15) is 31.0 Å². The maximum atomic E-state index is 4.66. The molecule has 0 aliphatic rings. The Hall–Kier alpha value is -1.61. The Labute approximate surface area is 109 Å². The minimum Gasteiger partial charge on any atom is -0.306 e. The van der Waals surface area contributed by atoms with Gasteiger partial charge >= 0.3 is 0 Å². The van der Waals surface area contributed by atoms with E-state index in [4.69, 9.17) is 0 Å². The minimum absolute atomic E-state index is 0.434. The lowest BCUT2D eigenvalue weighted by atomic mass is 10.0. The fraction of sp³-hybridized carbons (Fsp3) is 0.400. The van der Waals surface area contributed by atoms with Crippen molar-refractivity contribution in [2.75, 3.05) is 20.6 Å². The van der Waals surface area contributed by atoms with E-state index < -0.39 is 0 Å². The minimum atomic E-state index is 0.434. The summed E-state index contributed by atoms with van der Waals surface area (Å²) in [6.45, 7) is 5.32. The molecule has 0 amide bonds. The number of hydrogen-bond donors (Lipinski definition) is 0. The van der Waals surface area contributed by atoms with Gasteiger partial charge in [-0.05, 0) is 32.1 Å². The number of rotatable bonds is 4. The molecule has 0 fully saturated rings. The van der Waals surface area contributed by atoms with Crippen molar-refractivity contribution in [1.29, 1.82) is 0 Å². The molecule has 0 aliphatic heterocycles. The van der Waals surface area contributed by atoms with Crippen LogP contribution in [0.15, 0.2) is 30.5 Å². The Morgan fingerprint density at radius 2 is 2.11 bits per heavy atom. The van der Waals surface area contributed by atoms with Crippen LogP contribution >= 0.6 is 0 Å². The van der Waals surface area contributed by atoms with Crippen molar-refractivity contribution in [2.24, 2.45) is 0 Å². The Kier molecular flexibility index (Phi) is 3.82. The topological polar surface area (TPSA) is 20.5 Å². The van der Waals surface area contributed by atoms with Crippen LogP contribution in [-0.4, -0.2) is 35.2 Å². The van der Waals surface area contributed by atoms with Gasteiger partial charge in [0.15, 0.2) is 0 Å². The smallest absolute Gasteiger partial charge is 0.0736 e. The average Bonchev–Trinajstić information content (AvgIpc) is 2.68. The van der Waals surface area contributed by atoms with Crippen molar-refractivity contribution >= 4 is 11.6 Å². The van der Waals surface area contributed by atoms with E-state index in [2.05, 4.69) is 62.2 Å². The molecular weight excluding hydrogens is 222 g/mol. The molecule has 2 aromatic heterocycles. The van der Waals surface area contributed by atoms with Gasteiger partial charge in [-0.1, -0.05) is 32.1 Å². The van der Waals surface area contributed by atoms with Crippen molar-refractivity contribution in [3.63, 3.8) is 0 Å². The third-order valence-electron chi connectivity index (χ3n) is 2.91. The van der Waals surface area contributed by atoms with Crippen molar-refractivity contribution in [3.8, 4) is 0 Å². The summed E-state index contributed by atoms with van der Waals surface area (Å²) in [4.78, 5) is 2.15. The van der Waals surface area contributed by atoms with Gasteiger partial charge in [-0.15, -0.1) is 0 Å². The molecule has 0 aliphatic carbocycles. The maximum absolute atomic E-state index is 4.66. The quantitative estimate of drug-likeness (QED) is 0.822. The number of nitrogens with zero attached hydrogens (tertiary/aromatic N) is 3. The van der Waals surface area contributed by atoms with Gasteiger partial charge in [0.25, 0.3) is 0 Å². The Morgan fingerprint density at radius 1 is 1.33 bits per heavy atom. The largest absolute Gasteiger partial charge is 0.306 e. The monoisotopic (exact) mass is 243 g/mol. The second-order valence-electron chi connectivity index (χ2n) is 5.15. The molecular formula is C15H21N3. The van der Waals surface area contributed by atoms with Gasteiger partial charge in [0.2, 0.25) is 0 Å². The van der Waals surface area contributed by atoms with E-state index >= 15 is 0 Å². The van der Waals surface area contributed by atoms with Gasteiger partial charge < -0.3 is 4.90 Å². The van der Waals surface area contributed by atoms with Crippen LogP contribution in [0.5, 0.6) is 0 Å². The zero-order chi connectivity index (χ0) is 13.1. The number of pyridine rings is 1. The number of fused-ring (bicyclic) bond motifs is 1. The molecule has 0 radical (unpaired) electrons. The molecule has 0 saturated heterocycles. The summed E-state index contributed by atoms with van der Waals surface area (Å²) in [6, 6.07) is 6.19. The van der Waals surface area contributed by atoms with E-state index in [0.717, 1.165) is 12.2 Å². The molecule has 0 saturated carbocycles. The maximum Gasteiger partial charge on any atom is 0.0736 e. The highest BCUT2D eigenvalue weighted by Crippen LogP contribution is 2.23. The third kappa shape index (κ3) is 2.62. The number of aromatic nitrogens is 2. The molecule has 0 N–H and O–H groups in total. The van der Waals surface area contributed by atoms with E-state index in [1.54, 1.807) is 0 Å². The molecule has 18 heavy (non-hydrogen) atoms. The van der Waals surface area contributed by atoms with Gasteiger partial charge in [-0.2, -0.15) is 5.10 Å². The Balaban J connectivity index is 2.45. The van der Waals surface area contributed by atoms with E-state index in [9.17, 15) is 0 Å². The van der Waals surface area contributed by atoms with Crippen LogP contribution in [0.25, 0.3) is 11.6 Å². The summed E-state index contributed by atoms with van der Waals surface area (Å²) in [5.74, 6) is 0.434. The predicted molar refractivity (Wildman–Crippen MR) is 76.9 cm³/mol. The highest BCUT2D eigenvalue weighted by molar-refractivity contribution is 5.71. The van der Waals surface area contributed by atoms with E-state index in [1.807, 2.05) is 16.8 Å². The molecule has 0 unspecified atom stereocenters. The lowest BCUT2D eigenvalue weighted by Gasteiger charge is -2.04. The lowest BCUT2D eigenvalue weighted by molar-refractivity contribution is 0.457. The zero-order valence-corrected chi connectivity index (χ0v) is 11.6. The highest BCUT2D eigenvalue weighted by atomic mass is 15.2. The van der Waals surface area contributed by atoms with Crippen molar-refractivity contribution < 1.29 is 0 Å². The molecule has 0 spiro atoms. The van der Waals surface area contributed by atoms with Crippen LogP contribution in [0.4, 0.5) is 0 Å². The molecule has 3 heteroatoms. The predicted octanol–water partition coefficient (Wildman–Crippen LogP) is 3.03. The Morgan fingerprint density at radius 3 is 2.78 bits per heavy atom. The number of hydrogen-bond acceptors (Lipinski definition) is 2. The SMILES string of the molecule is CC(C)c1nn2ccccc2c1C=CCN(C)C. The van der Waals surface area contributed by atoms with Crippen molar-refractivity contribution in [1.82, 2.24) is 14.5 Å². The van der Waals surface area contributed by atoms with Crippen molar-refractivity contribution in [3.05, 3.63) is 41.7 Å². The van der Waals surface area contributed by atoms with Gasteiger partial charge in [-0.3, -0.25) is 0 Å². The van der Waals surface area contributed by atoms with Gasteiger partial charge in [0, 0.05) is 18.3 Å². The first-order valence-corrected chi connectivity index (χ1v) is 6.38. The van der Waals surface area contributed by atoms with Crippen LogP contribution in [0, 0.1) is 0 Å². The third-order valence-corrected chi connectivity index (χ3v) is 2.91. The van der Waals surface area contributed by atoms with Crippen LogP contribution in [-0.2, 0) is 0 Å². The van der Waals surface area contributed by atoms with E-state index in [-0.39, 0.29) is 0 Å². The summed E-state index contributed by atoms with van der Waals surface area (Å²) in [6.07, 6.45) is 6.39. The lowest BCUT2D eigenvalue weighted by Crippen LogP contribution is -2.10. The summed E-state index contributed by atoms with van der Waals surface area (Å²) in [7, 11) is 4.15. The fourth-order valence-electron chi connectivity index (χ4n) is 2.01. The van der Waals surface area contributed by atoms with Gasteiger partial charge in [0.05, 0.1) is 11.2 Å². The normalized spacial score (nSPS) is 12.3. The van der Waals surface area contributed by atoms with Crippen molar-refractivity contribution in [2.45, 2.75) is 19.8 Å². The highest BCUT2D eigenvalue weighted by Gasteiger charge is 2.12. The summed E-state index contributed by atoms with van der Waals surface area (Å²) in [5.41, 5.74) is 3.58. The Bertz CT molecular complexity index is 550. The first kappa shape index (κ1) is 12.8. The zero-order valence-electron chi connectivity index (χ0n) is 11.6. The molecule has 96 valence electrons. The standard InChI is InChI=1S/C15H21N3/c1-12(2)15-13(8-7-10-17(3)4)14-9-5-6-11-18(14)16-15/h5-9,11-12H,10H2,1-4H3. The van der Waals surface area contributed by atoms with E-state index in [0.29, 0.717) is 5.92 Å².